The number of morpholine rings is 1. The lowest BCUT2D eigenvalue weighted by atomic mass is 10.2. The van der Waals surface area contributed by atoms with Crippen molar-refractivity contribution in [1.82, 2.24) is 4.98 Å². The van der Waals surface area contributed by atoms with Gasteiger partial charge in [0.25, 0.3) is 0 Å². The Kier molecular flexibility index (Phi) is 6.37. The molecule has 1 aromatic heterocycles. The number of sulfone groups is 1. The van der Waals surface area contributed by atoms with E-state index in [1.807, 2.05) is 19.9 Å². The van der Waals surface area contributed by atoms with Gasteiger partial charge in [0.2, 0.25) is 5.91 Å². The van der Waals surface area contributed by atoms with Gasteiger partial charge in [-0.05, 0) is 38.8 Å². The molecule has 1 saturated carbocycles. The van der Waals surface area contributed by atoms with Crippen LogP contribution in [0.4, 0.5) is 11.5 Å². The molecule has 2 fully saturated rings. The lowest BCUT2D eigenvalue weighted by molar-refractivity contribution is -0.115. The summed E-state index contributed by atoms with van der Waals surface area (Å²) in [5.74, 6) is 0.469. The van der Waals surface area contributed by atoms with Crippen molar-refractivity contribution in [1.29, 1.82) is 0 Å². The van der Waals surface area contributed by atoms with E-state index >= 15 is 0 Å². The summed E-state index contributed by atoms with van der Waals surface area (Å²) in [5.41, 5.74) is 0.580. The molecule has 3 rings (SSSR count). The second-order valence-corrected chi connectivity index (χ2v) is 10.0. The summed E-state index contributed by atoms with van der Waals surface area (Å²) >= 11 is 0. The highest BCUT2D eigenvalue weighted by Gasteiger charge is 2.29. The fraction of sp³-hybridized carbons (Fsp3) is 0.684. The van der Waals surface area contributed by atoms with Crippen LogP contribution >= 0.6 is 0 Å². The van der Waals surface area contributed by atoms with Crippen LogP contribution in [0.25, 0.3) is 0 Å². The number of carbonyl (C=O) groups is 1. The number of ether oxygens (including phenoxy) is 1. The summed E-state index contributed by atoms with van der Waals surface area (Å²) in [6.07, 6.45) is 5.29. The zero-order chi connectivity index (χ0) is 19.4. The number of hydrogen-bond acceptors (Lipinski definition) is 6. The number of rotatable bonds is 6. The van der Waals surface area contributed by atoms with Gasteiger partial charge in [0.1, 0.15) is 5.82 Å². The molecule has 1 saturated heterocycles. The van der Waals surface area contributed by atoms with Gasteiger partial charge in [0, 0.05) is 19.5 Å². The maximum absolute atomic E-state index is 12.3. The monoisotopic (exact) mass is 395 g/mol. The Morgan fingerprint density at radius 2 is 1.89 bits per heavy atom. The quantitative estimate of drug-likeness (QED) is 0.796. The first kappa shape index (κ1) is 20.1. The van der Waals surface area contributed by atoms with E-state index in [1.54, 1.807) is 12.3 Å². The van der Waals surface area contributed by atoms with Crippen LogP contribution in [0.3, 0.4) is 0 Å². The molecular formula is C19H29N3O4S. The summed E-state index contributed by atoms with van der Waals surface area (Å²) < 4.78 is 30.2. The highest BCUT2D eigenvalue weighted by atomic mass is 32.2. The Balaban J connectivity index is 1.51. The van der Waals surface area contributed by atoms with Gasteiger partial charge in [-0.1, -0.05) is 12.8 Å². The number of carbonyl (C=O) groups excluding carboxylic acids is 1. The van der Waals surface area contributed by atoms with Crippen LogP contribution in [0.15, 0.2) is 18.3 Å². The topological polar surface area (TPSA) is 88.6 Å². The van der Waals surface area contributed by atoms with E-state index in [4.69, 9.17) is 4.74 Å². The number of aromatic nitrogens is 1. The molecule has 1 aromatic rings. The van der Waals surface area contributed by atoms with Crippen LogP contribution in [-0.4, -0.2) is 55.6 Å². The average molecular weight is 396 g/mol. The van der Waals surface area contributed by atoms with Crippen molar-refractivity contribution >= 4 is 27.2 Å². The Bertz CT molecular complexity index is 735. The molecule has 0 spiro atoms. The van der Waals surface area contributed by atoms with Crippen molar-refractivity contribution in [3.63, 3.8) is 0 Å². The van der Waals surface area contributed by atoms with Gasteiger partial charge in [0.05, 0.1) is 35.1 Å². The van der Waals surface area contributed by atoms with E-state index in [0.717, 1.165) is 44.6 Å². The van der Waals surface area contributed by atoms with E-state index in [0.29, 0.717) is 5.69 Å². The molecule has 150 valence electrons. The molecule has 0 aromatic carbocycles. The van der Waals surface area contributed by atoms with Crippen LogP contribution in [-0.2, 0) is 19.4 Å². The molecule has 1 aliphatic carbocycles. The van der Waals surface area contributed by atoms with Crippen molar-refractivity contribution < 1.29 is 17.9 Å². The molecule has 1 N–H and O–H groups in total. The number of anilines is 2. The predicted molar refractivity (Wildman–Crippen MR) is 106 cm³/mol. The lowest BCUT2D eigenvalue weighted by Crippen LogP contribution is -2.45. The molecule has 27 heavy (non-hydrogen) atoms. The average Bonchev–Trinajstić information content (AvgIpc) is 3.15. The van der Waals surface area contributed by atoms with Crippen molar-refractivity contribution in [2.45, 2.75) is 63.4 Å². The largest absolute Gasteiger partial charge is 0.372 e. The van der Waals surface area contributed by atoms with E-state index in [2.05, 4.69) is 15.2 Å². The van der Waals surface area contributed by atoms with Crippen molar-refractivity contribution in [3.8, 4) is 0 Å². The molecule has 2 unspecified atom stereocenters. The van der Waals surface area contributed by atoms with Gasteiger partial charge < -0.3 is 15.0 Å². The summed E-state index contributed by atoms with van der Waals surface area (Å²) in [4.78, 5) is 18.7. The molecule has 2 heterocycles. The van der Waals surface area contributed by atoms with E-state index in [9.17, 15) is 13.2 Å². The molecule has 1 amide bonds. The minimum Gasteiger partial charge on any atom is -0.372 e. The third-order valence-corrected chi connectivity index (χ3v) is 7.46. The fourth-order valence-electron chi connectivity index (χ4n) is 3.88. The smallest absolute Gasteiger partial charge is 0.225 e. The minimum absolute atomic E-state index is 0.0148. The summed E-state index contributed by atoms with van der Waals surface area (Å²) in [6, 6.07) is 3.67. The number of hydrogen-bond donors (Lipinski definition) is 1. The molecule has 0 bridgehead atoms. The maximum Gasteiger partial charge on any atom is 0.225 e. The fourth-order valence-corrected chi connectivity index (χ4v) is 5.74. The molecule has 2 atom stereocenters. The van der Waals surface area contributed by atoms with Crippen LogP contribution in [0.2, 0.25) is 0 Å². The Labute approximate surface area is 161 Å². The van der Waals surface area contributed by atoms with Crippen LogP contribution in [0, 0.1) is 0 Å². The molecule has 0 radical (unpaired) electrons. The summed E-state index contributed by atoms with van der Waals surface area (Å²) in [7, 11) is -3.17. The molecule has 8 heteroatoms. The number of nitrogens with zero attached hydrogens (tertiary/aromatic N) is 2. The standard InChI is InChI=1S/C19H29N3O4S/c1-14-12-22(13-15(2)26-14)18-8-7-16(11-20-18)21-19(23)9-10-27(24,25)17-5-3-4-6-17/h7-8,11,14-15,17H,3-6,9-10,12-13H2,1-2H3,(H,21,23). The van der Waals surface area contributed by atoms with Crippen molar-refractivity contribution in [3.05, 3.63) is 18.3 Å². The number of amides is 1. The van der Waals surface area contributed by atoms with Gasteiger partial charge in [-0.3, -0.25) is 4.79 Å². The van der Waals surface area contributed by atoms with E-state index in [1.165, 1.54) is 0 Å². The SMILES string of the molecule is CC1CN(c2ccc(NC(=O)CCS(=O)(=O)C3CCCC3)cn2)CC(C)O1. The van der Waals surface area contributed by atoms with E-state index < -0.39 is 9.84 Å². The zero-order valence-corrected chi connectivity index (χ0v) is 16.9. The summed E-state index contributed by atoms with van der Waals surface area (Å²) in [5, 5.41) is 2.48. The Morgan fingerprint density at radius 3 is 2.48 bits per heavy atom. The lowest BCUT2D eigenvalue weighted by Gasteiger charge is -2.36. The first-order valence-electron chi connectivity index (χ1n) is 9.71. The summed E-state index contributed by atoms with van der Waals surface area (Å²) in [6.45, 7) is 5.64. The molecule has 2 aliphatic rings. The van der Waals surface area contributed by atoms with Gasteiger partial charge in [-0.15, -0.1) is 0 Å². The first-order chi connectivity index (χ1) is 12.8. The third-order valence-electron chi connectivity index (χ3n) is 5.20. The Hall–Kier alpha value is -1.67. The van der Waals surface area contributed by atoms with Gasteiger partial charge >= 0.3 is 0 Å². The molecule has 7 nitrogen and oxygen atoms in total. The van der Waals surface area contributed by atoms with Crippen LogP contribution in [0.1, 0.15) is 46.0 Å². The van der Waals surface area contributed by atoms with E-state index in [-0.39, 0.29) is 35.5 Å². The normalized spacial score (nSPS) is 24.1. The van der Waals surface area contributed by atoms with Crippen LogP contribution in [0.5, 0.6) is 0 Å². The second kappa shape index (κ2) is 8.56. The van der Waals surface area contributed by atoms with Crippen molar-refractivity contribution in [2.24, 2.45) is 0 Å². The number of nitrogens with one attached hydrogen (secondary N) is 1. The highest BCUT2D eigenvalue weighted by molar-refractivity contribution is 7.92. The Morgan fingerprint density at radius 1 is 1.22 bits per heavy atom. The zero-order valence-electron chi connectivity index (χ0n) is 16.1. The van der Waals surface area contributed by atoms with Gasteiger partial charge in [-0.2, -0.15) is 0 Å². The third kappa shape index (κ3) is 5.42. The molecular weight excluding hydrogens is 366 g/mol. The number of pyridine rings is 1. The van der Waals surface area contributed by atoms with Gasteiger partial charge in [0.15, 0.2) is 9.84 Å². The first-order valence-corrected chi connectivity index (χ1v) is 11.4. The predicted octanol–water partition coefficient (Wildman–Crippen LogP) is 2.38. The minimum atomic E-state index is -3.17. The second-order valence-electron chi connectivity index (χ2n) is 7.64. The molecule has 1 aliphatic heterocycles. The maximum atomic E-state index is 12.3. The van der Waals surface area contributed by atoms with Gasteiger partial charge in [-0.25, -0.2) is 13.4 Å². The van der Waals surface area contributed by atoms with Crippen LogP contribution < -0.4 is 10.2 Å². The van der Waals surface area contributed by atoms with Crippen molar-refractivity contribution in [2.75, 3.05) is 29.1 Å². The highest BCUT2D eigenvalue weighted by Crippen LogP contribution is 2.25.